The first-order chi connectivity index (χ1) is 7.20. The minimum atomic E-state index is 0.353. The van der Waals surface area contributed by atoms with Crippen molar-refractivity contribution >= 4 is 27.5 Å². The maximum Gasteiger partial charge on any atom is 0.152 e. The molecule has 0 saturated heterocycles. The van der Waals surface area contributed by atoms with Gasteiger partial charge in [-0.25, -0.2) is 0 Å². The zero-order valence-electron chi connectivity index (χ0n) is 8.11. The van der Waals surface area contributed by atoms with Crippen molar-refractivity contribution in [2.75, 3.05) is 0 Å². The van der Waals surface area contributed by atoms with Gasteiger partial charge >= 0.3 is 0 Å². The number of nitrogens with zero attached hydrogens (tertiary/aromatic N) is 3. The topological polar surface area (TPSA) is 30.7 Å². The van der Waals surface area contributed by atoms with E-state index in [-0.39, 0.29) is 0 Å². The first-order valence-corrected chi connectivity index (χ1v) is 5.76. The van der Waals surface area contributed by atoms with Gasteiger partial charge in [-0.1, -0.05) is 15.9 Å². The summed E-state index contributed by atoms with van der Waals surface area (Å²) in [5, 5.41) is 7.78. The van der Waals surface area contributed by atoms with E-state index in [9.17, 15) is 0 Å². The zero-order valence-corrected chi connectivity index (χ0v) is 10.5. The van der Waals surface area contributed by atoms with Gasteiger partial charge in [0.2, 0.25) is 0 Å². The van der Waals surface area contributed by atoms with Crippen molar-refractivity contribution in [1.82, 2.24) is 14.8 Å². The predicted molar refractivity (Wildman–Crippen MR) is 63.4 cm³/mol. The smallest absolute Gasteiger partial charge is 0.152 e. The molecule has 1 aromatic heterocycles. The van der Waals surface area contributed by atoms with Crippen molar-refractivity contribution in [2.24, 2.45) is 0 Å². The molecule has 1 aromatic carbocycles. The Morgan fingerprint density at radius 1 is 1.40 bits per heavy atom. The summed E-state index contributed by atoms with van der Waals surface area (Å²) in [6, 6.07) is 6.12. The van der Waals surface area contributed by atoms with Crippen molar-refractivity contribution in [1.29, 1.82) is 0 Å². The van der Waals surface area contributed by atoms with E-state index in [1.807, 2.05) is 23.6 Å². The van der Waals surface area contributed by atoms with Gasteiger partial charge < -0.3 is 0 Å². The second kappa shape index (κ2) is 4.33. The number of hydrogen-bond acceptors (Lipinski definition) is 2. The van der Waals surface area contributed by atoms with E-state index in [4.69, 9.17) is 11.6 Å². The third-order valence-corrected chi connectivity index (χ3v) is 2.74. The van der Waals surface area contributed by atoms with Crippen molar-refractivity contribution in [2.45, 2.75) is 12.8 Å². The lowest BCUT2D eigenvalue weighted by atomic mass is 10.2. The van der Waals surface area contributed by atoms with Crippen molar-refractivity contribution in [3.05, 3.63) is 40.4 Å². The Hall–Kier alpha value is -0.870. The van der Waals surface area contributed by atoms with Gasteiger partial charge in [0.15, 0.2) is 5.82 Å². The van der Waals surface area contributed by atoms with E-state index in [1.165, 1.54) is 5.56 Å². The number of alkyl halides is 1. The second-order valence-electron chi connectivity index (χ2n) is 3.24. The molecule has 0 aliphatic heterocycles. The summed E-state index contributed by atoms with van der Waals surface area (Å²) in [5.74, 6) is 1.10. The molecule has 0 unspecified atom stereocenters. The molecule has 0 aliphatic rings. The molecule has 1 heterocycles. The van der Waals surface area contributed by atoms with E-state index in [2.05, 4.69) is 32.2 Å². The normalized spacial score (nSPS) is 10.6. The van der Waals surface area contributed by atoms with Gasteiger partial charge in [-0.15, -0.1) is 21.8 Å². The molecule has 0 radical (unpaired) electrons. The van der Waals surface area contributed by atoms with E-state index in [1.54, 1.807) is 6.33 Å². The Morgan fingerprint density at radius 3 is 2.87 bits per heavy atom. The molecule has 0 saturated carbocycles. The fraction of sp³-hybridized carbons (Fsp3) is 0.200. The van der Waals surface area contributed by atoms with Crippen LogP contribution in [0, 0.1) is 6.92 Å². The molecule has 5 heteroatoms. The van der Waals surface area contributed by atoms with E-state index < -0.39 is 0 Å². The predicted octanol–water partition coefficient (Wildman–Crippen LogP) is 3.08. The van der Waals surface area contributed by atoms with Crippen LogP contribution in [0.25, 0.3) is 5.69 Å². The average Bonchev–Trinajstić information content (AvgIpc) is 2.63. The fourth-order valence-corrected chi connectivity index (χ4v) is 2.20. The quantitative estimate of drug-likeness (QED) is 0.794. The number of aryl methyl sites for hydroxylation is 1. The van der Waals surface area contributed by atoms with Crippen LogP contribution >= 0.6 is 27.5 Å². The summed E-state index contributed by atoms with van der Waals surface area (Å²) >= 11 is 9.23. The maximum absolute atomic E-state index is 5.77. The average molecular weight is 287 g/mol. The number of halogens is 2. The van der Waals surface area contributed by atoms with Gasteiger partial charge in [-0.05, 0) is 30.7 Å². The first kappa shape index (κ1) is 10.6. The molecule has 0 bridgehead atoms. The van der Waals surface area contributed by atoms with Crippen LogP contribution in [0.1, 0.15) is 11.4 Å². The Labute approximate surface area is 101 Å². The first-order valence-electron chi connectivity index (χ1n) is 4.43. The van der Waals surface area contributed by atoms with Crippen molar-refractivity contribution in [3.8, 4) is 5.69 Å². The Balaban J connectivity index is 2.53. The largest absolute Gasteiger partial charge is 0.285 e. The van der Waals surface area contributed by atoms with Gasteiger partial charge in [-0.2, -0.15) is 0 Å². The molecule has 2 rings (SSSR count). The zero-order chi connectivity index (χ0) is 10.8. The van der Waals surface area contributed by atoms with Gasteiger partial charge in [0.1, 0.15) is 6.33 Å². The molecular formula is C10H9BrClN3. The van der Waals surface area contributed by atoms with Gasteiger partial charge in [0.05, 0.1) is 5.88 Å². The minimum Gasteiger partial charge on any atom is -0.285 e. The number of benzene rings is 1. The molecular weight excluding hydrogens is 277 g/mol. The van der Waals surface area contributed by atoms with Gasteiger partial charge in [0, 0.05) is 10.2 Å². The number of hydrogen-bond donors (Lipinski definition) is 0. The lowest BCUT2D eigenvalue weighted by molar-refractivity contribution is 0.949. The second-order valence-corrected chi connectivity index (χ2v) is 4.42. The molecule has 0 atom stereocenters. The highest BCUT2D eigenvalue weighted by atomic mass is 79.9. The lowest BCUT2D eigenvalue weighted by Crippen LogP contribution is -1.98. The Morgan fingerprint density at radius 2 is 2.20 bits per heavy atom. The fourth-order valence-electron chi connectivity index (χ4n) is 1.42. The molecule has 0 N–H and O–H groups in total. The van der Waals surface area contributed by atoms with Crippen molar-refractivity contribution < 1.29 is 0 Å². The van der Waals surface area contributed by atoms with E-state index in [0.29, 0.717) is 5.88 Å². The van der Waals surface area contributed by atoms with Crippen LogP contribution < -0.4 is 0 Å². The summed E-state index contributed by atoms with van der Waals surface area (Å²) in [4.78, 5) is 0. The summed E-state index contributed by atoms with van der Waals surface area (Å²) in [5.41, 5.74) is 2.19. The molecule has 15 heavy (non-hydrogen) atoms. The highest BCUT2D eigenvalue weighted by Crippen LogP contribution is 2.19. The lowest BCUT2D eigenvalue weighted by Gasteiger charge is -2.06. The molecule has 2 aromatic rings. The minimum absolute atomic E-state index is 0.353. The highest BCUT2D eigenvalue weighted by Gasteiger charge is 2.05. The number of rotatable bonds is 2. The molecule has 0 amide bonds. The number of aromatic nitrogens is 3. The molecule has 78 valence electrons. The molecule has 0 spiro atoms. The Kier molecular flexibility index (Phi) is 3.07. The summed E-state index contributed by atoms with van der Waals surface area (Å²) in [7, 11) is 0. The monoisotopic (exact) mass is 285 g/mol. The maximum atomic E-state index is 5.77. The van der Waals surface area contributed by atoms with E-state index >= 15 is 0 Å². The van der Waals surface area contributed by atoms with Gasteiger partial charge in [-0.3, -0.25) is 4.57 Å². The third kappa shape index (κ3) is 2.21. The Bertz CT molecular complexity index is 461. The standard InChI is InChI=1S/C10H9BrClN3/c1-7-2-8(11)4-9(3-7)15-6-13-14-10(15)5-12/h2-4,6H,5H2,1H3. The van der Waals surface area contributed by atoms with Gasteiger partial charge in [0.25, 0.3) is 0 Å². The van der Waals surface area contributed by atoms with Crippen LogP contribution in [0.5, 0.6) is 0 Å². The molecule has 3 nitrogen and oxygen atoms in total. The van der Waals surface area contributed by atoms with Crippen LogP contribution in [0.3, 0.4) is 0 Å². The van der Waals surface area contributed by atoms with Crippen LogP contribution in [0.2, 0.25) is 0 Å². The SMILES string of the molecule is Cc1cc(Br)cc(-n2cnnc2CCl)c1. The van der Waals surface area contributed by atoms with Crippen LogP contribution in [-0.4, -0.2) is 14.8 Å². The van der Waals surface area contributed by atoms with E-state index in [0.717, 1.165) is 16.0 Å². The van der Waals surface area contributed by atoms with Crippen LogP contribution in [0.15, 0.2) is 29.0 Å². The third-order valence-electron chi connectivity index (χ3n) is 2.04. The molecule has 0 aliphatic carbocycles. The summed E-state index contributed by atoms with van der Waals surface area (Å²) < 4.78 is 2.91. The van der Waals surface area contributed by atoms with Crippen LogP contribution in [0.4, 0.5) is 0 Å². The van der Waals surface area contributed by atoms with Crippen molar-refractivity contribution in [3.63, 3.8) is 0 Å². The highest BCUT2D eigenvalue weighted by molar-refractivity contribution is 9.10. The molecule has 0 fully saturated rings. The summed E-state index contributed by atoms with van der Waals surface area (Å²) in [6.45, 7) is 2.04. The van der Waals surface area contributed by atoms with Crippen LogP contribution in [-0.2, 0) is 5.88 Å². The summed E-state index contributed by atoms with van der Waals surface area (Å²) in [6.07, 6.45) is 1.67.